The average molecular weight is 418 g/mol. The Bertz CT molecular complexity index is 935. The van der Waals surface area contributed by atoms with Gasteiger partial charge in [-0.2, -0.15) is 4.99 Å². The molecule has 0 radical (unpaired) electrons. The Morgan fingerprint density at radius 3 is 2.71 bits per heavy atom. The number of carboxylic acid groups (broad SMARTS) is 1. The molecule has 0 atom stereocenters. The molecule has 2 aromatic rings. The summed E-state index contributed by atoms with van der Waals surface area (Å²) in [5.41, 5.74) is 1.73. The summed E-state index contributed by atoms with van der Waals surface area (Å²) in [5, 5.41) is 11.8. The molecule has 28 heavy (non-hydrogen) atoms. The van der Waals surface area contributed by atoms with Gasteiger partial charge < -0.3 is 9.84 Å². The van der Waals surface area contributed by atoms with E-state index in [9.17, 15) is 9.59 Å². The van der Waals surface area contributed by atoms with Gasteiger partial charge in [0.1, 0.15) is 5.75 Å². The van der Waals surface area contributed by atoms with E-state index in [0.717, 1.165) is 17.7 Å². The molecule has 1 amide bonds. The summed E-state index contributed by atoms with van der Waals surface area (Å²) in [6.07, 6.45) is 2.62. The zero-order valence-electron chi connectivity index (χ0n) is 15.4. The number of amides is 1. The number of rotatable bonds is 7. The smallest absolute Gasteiger partial charge is 0.341 e. The van der Waals surface area contributed by atoms with Crippen molar-refractivity contribution in [3.8, 4) is 5.75 Å². The van der Waals surface area contributed by atoms with Crippen LogP contribution in [0.4, 0.5) is 5.13 Å². The lowest BCUT2D eigenvalue weighted by Crippen LogP contribution is -2.29. The molecule has 1 aromatic carbocycles. The Morgan fingerprint density at radius 2 is 2.11 bits per heavy atom. The second-order valence-corrected chi connectivity index (χ2v) is 7.83. The molecular formula is C19H19N3O4S2. The molecule has 1 aliphatic rings. The quantitative estimate of drug-likeness (QED) is 0.686. The van der Waals surface area contributed by atoms with Gasteiger partial charge in [0.15, 0.2) is 11.8 Å². The molecule has 1 saturated heterocycles. The van der Waals surface area contributed by atoms with Crippen molar-refractivity contribution in [2.45, 2.75) is 20.3 Å². The van der Waals surface area contributed by atoms with E-state index in [1.165, 1.54) is 23.1 Å². The van der Waals surface area contributed by atoms with Crippen molar-refractivity contribution in [3.63, 3.8) is 0 Å². The van der Waals surface area contributed by atoms with Gasteiger partial charge in [-0.15, -0.1) is 11.3 Å². The highest BCUT2D eigenvalue weighted by Crippen LogP contribution is 2.35. The Labute approximate surface area is 170 Å². The molecule has 0 aliphatic carbocycles. The van der Waals surface area contributed by atoms with Crippen LogP contribution in [0.5, 0.6) is 5.75 Å². The number of nitrogens with zero attached hydrogens (tertiary/aromatic N) is 3. The number of thiazole rings is 1. The van der Waals surface area contributed by atoms with Crippen molar-refractivity contribution < 1.29 is 19.4 Å². The van der Waals surface area contributed by atoms with Crippen LogP contribution in [0, 0.1) is 6.92 Å². The molecular weight excluding hydrogens is 398 g/mol. The molecule has 2 heterocycles. The summed E-state index contributed by atoms with van der Waals surface area (Å²) in [6.45, 7) is 4.12. The number of carbonyl (C=O) groups is 2. The minimum atomic E-state index is -1.03. The summed E-state index contributed by atoms with van der Waals surface area (Å²) in [4.78, 5) is 34.5. The second-order valence-electron chi connectivity index (χ2n) is 5.98. The number of aromatic nitrogens is 1. The van der Waals surface area contributed by atoms with Crippen LogP contribution >= 0.6 is 23.1 Å². The predicted octanol–water partition coefficient (Wildman–Crippen LogP) is 3.93. The van der Waals surface area contributed by atoms with E-state index in [0.29, 0.717) is 27.5 Å². The number of amidine groups is 1. The highest BCUT2D eigenvalue weighted by molar-refractivity contribution is 8.18. The van der Waals surface area contributed by atoms with Gasteiger partial charge in [0.2, 0.25) is 5.13 Å². The monoisotopic (exact) mass is 417 g/mol. The van der Waals surface area contributed by atoms with Crippen LogP contribution in [-0.4, -0.2) is 45.2 Å². The van der Waals surface area contributed by atoms with Crippen LogP contribution in [0.2, 0.25) is 0 Å². The fourth-order valence-electron chi connectivity index (χ4n) is 2.44. The van der Waals surface area contributed by atoms with Crippen LogP contribution in [0.15, 0.2) is 39.5 Å². The van der Waals surface area contributed by atoms with Gasteiger partial charge in [-0.25, -0.2) is 9.78 Å². The highest BCUT2D eigenvalue weighted by Gasteiger charge is 2.33. The number of carboxylic acids is 1. The van der Waals surface area contributed by atoms with E-state index in [1.54, 1.807) is 35.2 Å². The number of ether oxygens (including phenoxy) is 1. The minimum Gasteiger partial charge on any atom is -0.482 e. The van der Waals surface area contributed by atoms with Gasteiger partial charge in [-0.3, -0.25) is 9.69 Å². The number of benzene rings is 1. The fourth-order valence-corrected chi connectivity index (χ4v) is 4.17. The maximum Gasteiger partial charge on any atom is 0.341 e. The first-order valence-electron chi connectivity index (χ1n) is 8.63. The third kappa shape index (κ3) is 4.99. The molecule has 1 fully saturated rings. The first-order valence-corrected chi connectivity index (χ1v) is 10.3. The molecule has 1 aromatic heterocycles. The van der Waals surface area contributed by atoms with Crippen LogP contribution in [0.1, 0.15) is 24.6 Å². The number of carbonyl (C=O) groups excluding carboxylic acids is 1. The van der Waals surface area contributed by atoms with E-state index < -0.39 is 12.6 Å². The zero-order chi connectivity index (χ0) is 20.1. The maximum absolute atomic E-state index is 12.8. The lowest BCUT2D eigenvalue weighted by atomic mass is 10.2. The first-order chi connectivity index (χ1) is 13.5. The van der Waals surface area contributed by atoms with Gasteiger partial charge in [-0.05, 0) is 48.9 Å². The van der Waals surface area contributed by atoms with Gasteiger partial charge in [-0.1, -0.05) is 19.1 Å². The Balaban J connectivity index is 1.80. The molecule has 1 aliphatic heterocycles. The van der Waals surface area contributed by atoms with Gasteiger partial charge >= 0.3 is 5.97 Å². The highest BCUT2D eigenvalue weighted by atomic mass is 32.2. The summed E-state index contributed by atoms with van der Waals surface area (Å²) in [5.74, 6) is -0.647. The molecule has 0 spiro atoms. The minimum absolute atomic E-state index is 0.0786. The van der Waals surface area contributed by atoms with Crippen molar-refractivity contribution in [1.82, 2.24) is 9.88 Å². The Morgan fingerprint density at radius 1 is 1.36 bits per heavy atom. The van der Waals surface area contributed by atoms with Crippen molar-refractivity contribution >= 4 is 51.4 Å². The molecule has 0 bridgehead atoms. The van der Waals surface area contributed by atoms with E-state index in [1.807, 2.05) is 19.2 Å². The molecule has 7 nitrogen and oxygen atoms in total. The van der Waals surface area contributed by atoms with E-state index in [-0.39, 0.29) is 5.91 Å². The zero-order valence-corrected chi connectivity index (χ0v) is 17.0. The molecule has 0 saturated carbocycles. The lowest BCUT2D eigenvalue weighted by molar-refractivity contribution is -0.139. The predicted molar refractivity (Wildman–Crippen MR) is 111 cm³/mol. The van der Waals surface area contributed by atoms with Crippen molar-refractivity contribution in [3.05, 3.63) is 45.8 Å². The molecule has 1 N–H and O–H groups in total. The Kier molecular flexibility index (Phi) is 6.48. The summed E-state index contributed by atoms with van der Waals surface area (Å²) < 4.78 is 5.12. The summed E-state index contributed by atoms with van der Waals surface area (Å²) in [6, 6.07) is 6.91. The third-order valence-corrected chi connectivity index (χ3v) is 5.53. The molecule has 3 rings (SSSR count). The largest absolute Gasteiger partial charge is 0.482 e. The van der Waals surface area contributed by atoms with Crippen molar-refractivity contribution in [2.24, 2.45) is 4.99 Å². The first kappa shape index (κ1) is 20.1. The summed E-state index contributed by atoms with van der Waals surface area (Å²) in [7, 11) is 0. The number of hydrogen-bond acceptors (Lipinski definition) is 7. The van der Waals surface area contributed by atoms with Crippen molar-refractivity contribution in [1.29, 1.82) is 0 Å². The van der Waals surface area contributed by atoms with Crippen LogP contribution in [0.25, 0.3) is 6.08 Å². The number of aryl methyl sites for hydroxylation is 1. The van der Waals surface area contributed by atoms with Crippen LogP contribution in [0.3, 0.4) is 0 Å². The van der Waals surface area contributed by atoms with Gasteiger partial charge in [0.05, 0.1) is 10.6 Å². The standard InChI is InChI=1S/C19H19N3O4S2/c1-3-8-22-17(25)15(28-19(22)21-18-20-12(2)11-27-18)9-13-4-6-14(7-5-13)26-10-16(23)24/h4-7,9,11H,3,8,10H2,1-2H3,(H,23,24)/b15-9+,21-19+. The number of aliphatic imine (C=N–C) groups is 1. The SMILES string of the molecule is CCCN1C(=O)/C(=C\c2ccc(OCC(=O)O)cc2)S/C1=N/c1nc(C)cs1. The topological polar surface area (TPSA) is 92.1 Å². The van der Waals surface area contributed by atoms with Gasteiger partial charge in [0, 0.05) is 11.9 Å². The van der Waals surface area contributed by atoms with Crippen LogP contribution in [-0.2, 0) is 9.59 Å². The summed E-state index contributed by atoms with van der Waals surface area (Å²) >= 11 is 2.78. The second kappa shape index (κ2) is 9.03. The van der Waals surface area contributed by atoms with Crippen molar-refractivity contribution in [2.75, 3.05) is 13.2 Å². The normalized spacial score (nSPS) is 16.9. The van der Waals surface area contributed by atoms with E-state index in [2.05, 4.69) is 9.98 Å². The molecule has 9 heteroatoms. The van der Waals surface area contributed by atoms with E-state index >= 15 is 0 Å². The lowest BCUT2D eigenvalue weighted by Gasteiger charge is -2.13. The average Bonchev–Trinajstić information content (AvgIpc) is 3.20. The van der Waals surface area contributed by atoms with Crippen LogP contribution < -0.4 is 4.74 Å². The maximum atomic E-state index is 12.8. The third-order valence-electron chi connectivity index (χ3n) is 3.67. The molecule has 0 unspecified atom stereocenters. The van der Waals surface area contributed by atoms with E-state index in [4.69, 9.17) is 9.84 Å². The number of thioether (sulfide) groups is 1. The fraction of sp³-hybridized carbons (Fsp3) is 0.263. The molecule has 146 valence electrons. The number of hydrogen-bond donors (Lipinski definition) is 1. The van der Waals surface area contributed by atoms with Gasteiger partial charge in [0.25, 0.3) is 5.91 Å². The number of aliphatic carboxylic acids is 1. The Hall–Kier alpha value is -2.65.